The van der Waals surface area contributed by atoms with Crippen molar-refractivity contribution < 1.29 is 9.53 Å². The van der Waals surface area contributed by atoms with Gasteiger partial charge in [-0.3, -0.25) is 4.79 Å². The van der Waals surface area contributed by atoms with Crippen molar-refractivity contribution in [2.24, 2.45) is 0 Å². The van der Waals surface area contributed by atoms with Gasteiger partial charge in [-0.15, -0.1) is 0 Å². The number of hydrogen-bond acceptors (Lipinski definition) is 5. The number of benzene rings is 2. The molecule has 0 bridgehead atoms. The molecule has 0 atom stereocenters. The van der Waals surface area contributed by atoms with Gasteiger partial charge in [0.1, 0.15) is 11.5 Å². The predicted octanol–water partition coefficient (Wildman–Crippen LogP) is 4.86. The lowest BCUT2D eigenvalue weighted by Gasteiger charge is -2.06. The summed E-state index contributed by atoms with van der Waals surface area (Å²) >= 11 is 1.36. The number of carbonyl (C=O) groups is 1. The Hall–Kier alpha value is -2.66. The normalized spacial score (nSPS) is 10.5. The molecule has 3 rings (SSSR count). The van der Waals surface area contributed by atoms with Crippen molar-refractivity contribution in [1.82, 2.24) is 9.97 Å². The lowest BCUT2D eigenvalue weighted by molar-refractivity contribution is 0.102. The third-order valence-electron chi connectivity index (χ3n) is 3.45. The van der Waals surface area contributed by atoms with Crippen molar-refractivity contribution in [3.63, 3.8) is 0 Å². The first-order chi connectivity index (χ1) is 12.1. The van der Waals surface area contributed by atoms with Crippen LogP contribution in [0.1, 0.15) is 21.7 Å². The fraction of sp³-hybridized carbons (Fsp3) is 0.150. The van der Waals surface area contributed by atoms with Crippen LogP contribution in [-0.2, 0) is 0 Å². The van der Waals surface area contributed by atoms with Crippen molar-refractivity contribution >= 4 is 17.5 Å². The minimum Gasteiger partial charge on any atom is -0.457 e. The molecule has 1 heterocycles. The highest BCUT2D eigenvalue weighted by molar-refractivity contribution is 7.99. The van der Waals surface area contributed by atoms with Gasteiger partial charge in [0.25, 0.3) is 0 Å². The second-order valence-electron chi connectivity index (χ2n) is 5.58. The Labute approximate surface area is 151 Å². The number of carbonyl (C=O) groups excluding carboxylic acids is 1. The summed E-state index contributed by atoms with van der Waals surface area (Å²) in [5, 5.41) is 0.634. The quantitative estimate of drug-likeness (QED) is 0.361. The zero-order chi connectivity index (χ0) is 17.6. The molecule has 0 spiro atoms. The highest BCUT2D eigenvalue weighted by Crippen LogP contribution is 2.22. The number of para-hydroxylation sites is 1. The van der Waals surface area contributed by atoms with Crippen molar-refractivity contribution in [3.8, 4) is 11.5 Å². The van der Waals surface area contributed by atoms with Gasteiger partial charge in [0.2, 0.25) is 0 Å². The topological polar surface area (TPSA) is 52.1 Å². The van der Waals surface area contributed by atoms with E-state index >= 15 is 0 Å². The summed E-state index contributed by atoms with van der Waals surface area (Å²) in [6.45, 7) is 3.85. The van der Waals surface area contributed by atoms with Crippen LogP contribution in [0, 0.1) is 13.8 Å². The smallest absolute Gasteiger partial charge is 0.188 e. The van der Waals surface area contributed by atoms with Gasteiger partial charge in [-0.05, 0) is 56.3 Å². The molecule has 1 aromatic heterocycles. The first kappa shape index (κ1) is 17.2. The van der Waals surface area contributed by atoms with Crippen LogP contribution in [0.3, 0.4) is 0 Å². The Morgan fingerprint density at radius 1 is 0.920 bits per heavy atom. The largest absolute Gasteiger partial charge is 0.457 e. The van der Waals surface area contributed by atoms with E-state index < -0.39 is 0 Å². The second kappa shape index (κ2) is 7.94. The molecule has 0 radical (unpaired) electrons. The van der Waals surface area contributed by atoms with E-state index in [0.717, 1.165) is 17.1 Å². The van der Waals surface area contributed by atoms with Gasteiger partial charge >= 0.3 is 0 Å². The van der Waals surface area contributed by atoms with Gasteiger partial charge in [-0.25, -0.2) is 9.97 Å². The van der Waals surface area contributed by atoms with Crippen LogP contribution in [-0.4, -0.2) is 21.5 Å². The molecule has 3 aromatic rings. The maximum Gasteiger partial charge on any atom is 0.188 e. The van der Waals surface area contributed by atoms with Crippen molar-refractivity contribution in [2.45, 2.75) is 19.0 Å². The van der Waals surface area contributed by atoms with E-state index in [1.54, 1.807) is 24.3 Å². The average molecular weight is 350 g/mol. The van der Waals surface area contributed by atoms with Crippen LogP contribution < -0.4 is 4.74 Å². The fourth-order valence-corrected chi connectivity index (χ4v) is 3.15. The molecule has 0 N–H and O–H groups in total. The summed E-state index contributed by atoms with van der Waals surface area (Å²) in [6, 6.07) is 18.6. The third kappa shape index (κ3) is 4.90. The van der Waals surface area contributed by atoms with Crippen LogP contribution in [0.5, 0.6) is 11.5 Å². The summed E-state index contributed by atoms with van der Waals surface area (Å²) in [5.74, 6) is 1.82. The van der Waals surface area contributed by atoms with E-state index in [2.05, 4.69) is 9.97 Å². The Morgan fingerprint density at radius 3 is 2.16 bits per heavy atom. The van der Waals surface area contributed by atoms with E-state index in [0.29, 0.717) is 22.2 Å². The first-order valence-electron chi connectivity index (χ1n) is 7.91. The van der Waals surface area contributed by atoms with Gasteiger partial charge in [0, 0.05) is 17.0 Å². The van der Waals surface area contributed by atoms with E-state index in [-0.39, 0.29) is 5.78 Å². The third-order valence-corrected chi connectivity index (χ3v) is 4.30. The number of hydrogen-bond donors (Lipinski definition) is 0. The van der Waals surface area contributed by atoms with Crippen LogP contribution in [0.2, 0.25) is 0 Å². The average Bonchev–Trinajstić information content (AvgIpc) is 2.60. The molecule has 0 saturated carbocycles. The van der Waals surface area contributed by atoms with E-state index in [1.165, 1.54) is 11.8 Å². The molecular formula is C20H18N2O2S. The minimum absolute atomic E-state index is 0.0408. The summed E-state index contributed by atoms with van der Waals surface area (Å²) in [6.07, 6.45) is 0. The molecule has 0 aliphatic rings. The fourth-order valence-electron chi connectivity index (χ4n) is 2.31. The maximum absolute atomic E-state index is 12.3. The van der Waals surface area contributed by atoms with E-state index in [4.69, 9.17) is 4.74 Å². The molecule has 0 aliphatic heterocycles. The Morgan fingerprint density at radius 2 is 1.52 bits per heavy atom. The van der Waals surface area contributed by atoms with Crippen molar-refractivity contribution in [1.29, 1.82) is 0 Å². The standard InChI is InChI=1S/C20H18N2O2S/c1-14-12-15(2)22-20(21-14)25-13-19(23)16-8-10-18(11-9-16)24-17-6-4-3-5-7-17/h3-12H,13H2,1-2H3. The maximum atomic E-state index is 12.3. The number of rotatable bonds is 6. The lowest BCUT2D eigenvalue weighted by Crippen LogP contribution is -2.03. The van der Waals surface area contributed by atoms with E-state index in [9.17, 15) is 4.79 Å². The monoisotopic (exact) mass is 350 g/mol. The molecule has 0 aliphatic carbocycles. The predicted molar refractivity (Wildman–Crippen MR) is 99.5 cm³/mol. The van der Waals surface area contributed by atoms with Crippen LogP contribution in [0.15, 0.2) is 65.8 Å². The van der Waals surface area contributed by atoms with Crippen LogP contribution in [0.25, 0.3) is 0 Å². The number of ketones is 1. The molecule has 4 nitrogen and oxygen atoms in total. The molecule has 0 unspecified atom stereocenters. The Kier molecular flexibility index (Phi) is 5.46. The van der Waals surface area contributed by atoms with Gasteiger partial charge in [0.05, 0.1) is 5.75 Å². The molecule has 126 valence electrons. The molecule has 0 amide bonds. The molecule has 0 fully saturated rings. The number of aryl methyl sites for hydroxylation is 2. The van der Waals surface area contributed by atoms with Gasteiger partial charge in [0.15, 0.2) is 10.9 Å². The molecule has 25 heavy (non-hydrogen) atoms. The van der Waals surface area contributed by atoms with Crippen LogP contribution in [0.4, 0.5) is 0 Å². The number of thioether (sulfide) groups is 1. The number of ether oxygens (including phenoxy) is 1. The minimum atomic E-state index is 0.0408. The highest BCUT2D eigenvalue weighted by atomic mass is 32.2. The SMILES string of the molecule is Cc1cc(C)nc(SCC(=O)c2ccc(Oc3ccccc3)cc2)n1. The Bertz CT molecular complexity index is 844. The Balaban J connectivity index is 1.60. The lowest BCUT2D eigenvalue weighted by atomic mass is 10.1. The zero-order valence-corrected chi connectivity index (χ0v) is 14.9. The number of nitrogens with zero attached hydrogens (tertiary/aromatic N) is 2. The number of aromatic nitrogens is 2. The van der Waals surface area contributed by atoms with Crippen LogP contribution >= 0.6 is 11.8 Å². The first-order valence-corrected chi connectivity index (χ1v) is 8.90. The molecule has 0 saturated heterocycles. The summed E-state index contributed by atoms with van der Waals surface area (Å²) in [5.41, 5.74) is 2.46. The summed E-state index contributed by atoms with van der Waals surface area (Å²) < 4.78 is 5.73. The summed E-state index contributed by atoms with van der Waals surface area (Å²) in [4.78, 5) is 21.0. The number of Topliss-reactive ketones (excluding diaryl/α,β-unsaturated/α-hetero) is 1. The van der Waals surface area contributed by atoms with Crippen molar-refractivity contribution in [3.05, 3.63) is 77.6 Å². The summed E-state index contributed by atoms with van der Waals surface area (Å²) in [7, 11) is 0. The van der Waals surface area contributed by atoms with Gasteiger partial charge in [-0.1, -0.05) is 30.0 Å². The molecule has 2 aromatic carbocycles. The molecule has 5 heteroatoms. The van der Waals surface area contributed by atoms with Crippen molar-refractivity contribution in [2.75, 3.05) is 5.75 Å². The second-order valence-corrected chi connectivity index (χ2v) is 6.53. The van der Waals surface area contributed by atoms with Gasteiger partial charge in [-0.2, -0.15) is 0 Å². The zero-order valence-electron chi connectivity index (χ0n) is 14.1. The van der Waals surface area contributed by atoms with E-state index in [1.807, 2.05) is 50.2 Å². The molecular weight excluding hydrogens is 332 g/mol. The van der Waals surface area contributed by atoms with Gasteiger partial charge < -0.3 is 4.74 Å². The highest BCUT2D eigenvalue weighted by Gasteiger charge is 2.09.